The number of aromatic nitrogens is 4. The van der Waals surface area contributed by atoms with Crippen LogP contribution in [-0.2, 0) is 13.0 Å². The highest BCUT2D eigenvalue weighted by Crippen LogP contribution is 2.23. The first-order valence-corrected chi connectivity index (χ1v) is 9.18. The first-order valence-electron chi connectivity index (χ1n) is 9.18. The Morgan fingerprint density at radius 3 is 2.92 bits per heavy atom. The molecule has 5 nitrogen and oxygen atoms in total. The fourth-order valence-corrected chi connectivity index (χ4v) is 3.78. The van der Waals surface area contributed by atoms with Crippen molar-refractivity contribution in [3.63, 3.8) is 0 Å². The zero-order valence-electron chi connectivity index (χ0n) is 14.8. The van der Waals surface area contributed by atoms with Crippen LogP contribution < -0.4 is 0 Å². The standard InChI is InChI=1S/C20H25N5/c1-16-13-23-18(14-22-16)15-24-8-2-4-17(6-10-24)12-19-20-5-3-9-25(20)11-7-21-19/h3,5,7,9,11,13-14,17H,2,4,6,8,10,12,15H2,1H3/t17-/m0/s1. The summed E-state index contributed by atoms with van der Waals surface area (Å²) in [5.41, 5.74) is 4.53. The zero-order chi connectivity index (χ0) is 17.1. The molecule has 1 aliphatic rings. The van der Waals surface area contributed by atoms with Crippen molar-refractivity contribution in [2.45, 2.75) is 39.2 Å². The van der Waals surface area contributed by atoms with Gasteiger partial charge in [0.2, 0.25) is 0 Å². The number of likely N-dealkylation sites (tertiary alicyclic amines) is 1. The average molecular weight is 335 g/mol. The second-order valence-corrected chi connectivity index (χ2v) is 7.10. The Labute approximate surface area is 148 Å². The van der Waals surface area contributed by atoms with Crippen LogP contribution >= 0.6 is 0 Å². The molecule has 5 heteroatoms. The van der Waals surface area contributed by atoms with Crippen LogP contribution in [0.2, 0.25) is 0 Å². The Bertz CT molecular complexity index is 823. The van der Waals surface area contributed by atoms with Gasteiger partial charge in [-0.2, -0.15) is 0 Å². The number of hydrogen-bond donors (Lipinski definition) is 0. The zero-order valence-corrected chi connectivity index (χ0v) is 14.8. The van der Waals surface area contributed by atoms with Gasteiger partial charge in [0.05, 0.1) is 22.6 Å². The highest BCUT2D eigenvalue weighted by atomic mass is 15.1. The summed E-state index contributed by atoms with van der Waals surface area (Å²) in [6, 6.07) is 4.26. The summed E-state index contributed by atoms with van der Waals surface area (Å²) in [6.45, 7) is 5.17. The van der Waals surface area contributed by atoms with Gasteiger partial charge in [-0.05, 0) is 63.7 Å². The SMILES string of the molecule is Cc1cnc(CN2CCC[C@H](Cc3nccn4cccc34)CC2)cn1. The molecule has 1 aliphatic heterocycles. The molecule has 0 bridgehead atoms. The van der Waals surface area contributed by atoms with E-state index in [0.29, 0.717) is 5.92 Å². The van der Waals surface area contributed by atoms with Gasteiger partial charge in [-0.25, -0.2) is 0 Å². The number of nitrogens with zero attached hydrogens (tertiary/aromatic N) is 5. The number of rotatable bonds is 4. The lowest BCUT2D eigenvalue weighted by Crippen LogP contribution is -2.25. The summed E-state index contributed by atoms with van der Waals surface area (Å²) in [7, 11) is 0. The number of aryl methyl sites for hydroxylation is 1. The second kappa shape index (κ2) is 7.31. The Kier molecular flexibility index (Phi) is 4.74. The van der Waals surface area contributed by atoms with E-state index in [2.05, 4.69) is 42.6 Å². The summed E-state index contributed by atoms with van der Waals surface area (Å²) in [6.07, 6.45) is 14.6. The molecule has 25 heavy (non-hydrogen) atoms. The summed E-state index contributed by atoms with van der Waals surface area (Å²) in [4.78, 5) is 16.0. The number of hydrogen-bond acceptors (Lipinski definition) is 4. The van der Waals surface area contributed by atoms with Crippen molar-refractivity contribution >= 4 is 5.52 Å². The molecule has 130 valence electrons. The minimum Gasteiger partial charge on any atom is -0.321 e. The maximum Gasteiger partial charge on any atom is 0.0727 e. The average Bonchev–Trinajstić information content (AvgIpc) is 3.00. The minimum atomic E-state index is 0.711. The van der Waals surface area contributed by atoms with Gasteiger partial charge >= 0.3 is 0 Å². The third-order valence-corrected chi connectivity index (χ3v) is 5.17. The fraction of sp³-hybridized carbons (Fsp3) is 0.450. The van der Waals surface area contributed by atoms with E-state index in [1.54, 1.807) is 0 Å². The molecule has 0 aromatic carbocycles. The molecular formula is C20H25N5. The van der Waals surface area contributed by atoms with E-state index in [4.69, 9.17) is 0 Å². The van der Waals surface area contributed by atoms with Crippen molar-refractivity contribution < 1.29 is 0 Å². The fourth-order valence-electron chi connectivity index (χ4n) is 3.78. The third-order valence-electron chi connectivity index (χ3n) is 5.17. The van der Waals surface area contributed by atoms with Crippen molar-refractivity contribution in [2.75, 3.05) is 13.1 Å². The second-order valence-electron chi connectivity index (χ2n) is 7.10. The van der Waals surface area contributed by atoms with E-state index in [9.17, 15) is 0 Å². The van der Waals surface area contributed by atoms with Crippen LogP contribution in [0.1, 0.15) is 36.3 Å². The Hall–Kier alpha value is -2.27. The Morgan fingerprint density at radius 1 is 1.08 bits per heavy atom. The molecule has 0 spiro atoms. The van der Waals surface area contributed by atoms with E-state index in [0.717, 1.165) is 37.4 Å². The van der Waals surface area contributed by atoms with Crippen LogP contribution in [0.3, 0.4) is 0 Å². The first-order chi connectivity index (χ1) is 12.3. The highest BCUT2D eigenvalue weighted by molar-refractivity contribution is 5.52. The van der Waals surface area contributed by atoms with Gasteiger partial charge in [0, 0.05) is 37.5 Å². The van der Waals surface area contributed by atoms with Gasteiger partial charge in [0.25, 0.3) is 0 Å². The summed E-state index contributed by atoms with van der Waals surface area (Å²) < 4.78 is 2.17. The van der Waals surface area contributed by atoms with Gasteiger partial charge in [-0.1, -0.05) is 0 Å². The van der Waals surface area contributed by atoms with E-state index in [1.165, 1.54) is 30.5 Å². The summed E-state index contributed by atoms with van der Waals surface area (Å²) in [5.74, 6) is 0.711. The molecule has 0 N–H and O–H groups in total. The lowest BCUT2D eigenvalue weighted by Gasteiger charge is -2.19. The summed E-state index contributed by atoms with van der Waals surface area (Å²) in [5, 5.41) is 0. The van der Waals surface area contributed by atoms with Crippen molar-refractivity contribution in [3.8, 4) is 0 Å². The predicted octanol–water partition coefficient (Wildman–Crippen LogP) is 3.28. The van der Waals surface area contributed by atoms with E-state index >= 15 is 0 Å². The van der Waals surface area contributed by atoms with Crippen LogP contribution in [0.5, 0.6) is 0 Å². The van der Waals surface area contributed by atoms with E-state index in [-0.39, 0.29) is 0 Å². The highest BCUT2D eigenvalue weighted by Gasteiger charge is 2.19. The Balaban J connectivity index is 1.38. The maximum absolute atomic E-state index is 4.65. The van der Waals surface area contributed by atoms with E-state index < -0.39 is 0 Å². The smallest absolute Gasteiger partial charge is 0.0727 e. The normalized spacial score (nSPS) is 19.2. The van der Waals surface area contributed by atoms with Crippen LogP contribution in [0.25, 0.3) is 5.52 Å². The monoisotopic (exact) mass is 335 g/mol. The molecule has 1 saturated heterocycles. The summed E-state index contributed by atoms with van der Waals surface area (Å²) >= 11 is 0. The maximum atomic E-state index is 4.65. The predicted molar refractivity (Wildman–Crippen MR) is 98.3 cm³/mol. The van der Waals surface area contributed by atoms with Gasteiger partial charge in [0.15, 0.2) is 0 Å². The van der Waals surface area contributed by atoms with Crippen molar-refractivity contribution in [1.82, 2.24) is 24.3 Å². The molecule has 0 aliphatic carbocycles. The molecule has 0 unspecified atom stereocenters. The molecule has 0 saturated carbocycles. The lowest BCUT2D eigenvalue weighted by atomic mass is 9.95. The van der Waals surface area contributed by atoms with Crippen LogP contribution in [-0.4, -0.2) is 37.3 Å². The van der Waals surface area contributed by atoms with Crippen molar-refractivity contribution in [2.24, 2.45) is 5.92 Å². The molecule has 0 radical (unpaired) electrons. The molecule has 4 heterocycles. The molecule has 3 aromatic rings. The van der Waals surface area contributed by atoms with E-state index in [1.807, 2.05) is 31.7 Å². The van der Waals surface area contributed by atoms with Crippen LogP contribution in [0.15, 0.2) is 43.1 Å². The topological polar surface area (TPSA) is 46.3 Å². The van der Waals surface area contributed by atoms with Gasteiger partial charge < -0.3 is 4.40 Å². The first kappa shape index (κ1) is 16.2. The van der Waals surface area contributed by atoms with Crippen molar-refractivity contribution in [3.05, 3.63) is 60.2 Å². The minimum absolute atomic E-state index is 0.711. The van der Waals surface area contributed by atoms with Crippen LogP contribution in [0, 0.1) is 12.8 Å². The molecule has 3 aromatic heterocycles. The molecular weight excluding hydrogens is 310 g/mol. The molecule has 0 amide bonds. The third kappa shape index (κ3) is 3.87. The number of fused-ring (bicyclic) bond motifs is 1. The quantitative estimate of drug-likeness (QED) is 0.734. The molecule has 1 atom stereocenters. The molecule has 4 rings (SSSR count). The van der Waals surface area contributed by atoms with Crippen LogP contribution in [0.4, 0.5) is 0 Å². The molecule has 1 fully saturated rings. The van der Waals surface area contributed by atoms with Gasteiger partial charge in [-0.15, -0.1) is 0 Å². The van der Waals surface area contributed by atoms with Gasteiger partial charge in [-0.3, -0.25) is 19.9 Å². The lowest BCUT2D eigenvalue weighted by molar-refractivity contribution is 0.269. The largest absolute Gasteiger partial charge is 0.321 e. The van der Waals surface area contributed by atoms with Crippen molar-refractivity contribution in [1.29, 1.82) is 0 Å². The Morgan fingerprint density at radius 2 is 2.04 bits per heavy atom. The van der Waals surface area contributed by atoms with Gasteiger partial charge in [0.1, 0.15) is 0 Å².